The van der Waals surface area contributed by atoms with E-state index in [0.29, 0.717) is 5.69 Å². The van der Waals surface area contributed by atoms with E-state index < -0.39 is 21.8 Å². The van der Waals surface area contributed by atoms with E-state index in [-0.39, 0.29) is 20.5 Å². The van der Waals surface area contributed by atoms with Crippen LogP contribution in [0.2, 0.25) is 0 Å². The molecule has 28 heavy (non-hydrogen) atoms. The fourth-order valence-electron chi connectivity index (χ4n) is 2.33. The molecule has 0 radical (unpaired) electrons. The van der Waals surface area contributed by atoms with E-state index in [9.17, 15) is 18.0 Å². The predicted molar refractivity (Wildman–Crippen MR) is 107 cm³/mol. The summed E-state index contributed by atoms with van der Waals surface area (Å²) in [4.78, 5) is 27.5. The Hall–Kier alpha value is -3.24. The average molecular weight is 416 g/mol. The molecular formula is C18H16N4O4S2. The molecule has 0 fully saturated rings. The summed E-state index contributed by atoms with van der Waals surface area (Å²) < 4.78 is 26.7. The monoisotopic (exact) mass is 416 g/mol. The van der Waals surface area contributed by atoms with Gasteiger partial charge < -0.3 is 5.73 Å². The van der Waals surface area contributed by atoms with Crippen molar-refractivity contribution in [1.29, 1.82) is 0 Å². The van der Waals surface area contributed by atoms with Gasteiger partial charge in [0, 0.05) is 12.6 Å². The van der Waals surface area contributed by atoms with E-state index in [1.54, 1.807) is 30.3 Å². The third-order valence-electron chi connectivity index (χ3n) is 3.86. The fourth-order valence-corrected chi connectivity index (χ4v) is 4.19. The Morgan fingerprint density at radius 2 is 1.71 bits per heavy atom. The highest BCUT2D eigenvalue weighted by Gasteiger charge is 2.21. The second kappa shape index (κ2) is 7.79. The van der Waals surface area contributed by atoms with Crippen molar-refractivity contribution in [2.45, 2.75) is 4.90 Å². The normalized spacial score (nSPS) is 11.0. The van der Waals surface area contributed by atoms with E-state index in [0.717, 1.165) is 11.3 Å². The zero-order valence-electron chi connectivity index (χ0n) is 14.7. The van der Waals surface area contributed by atoms with E-state index in [1.807, 2.05) is 0 Å². The van der Waals surface area contributed by atoms with Crippen LogP contribution in [-0.2, 0) is 10.0 Å². The number of anilines is 2. The summed E-state index contributed by atoms with van der Waals surface area (Å²) in [6, 6.07) is 14.2. The first kappa shape index (κ1) is 19.5. The van der Waals surface area contributed by atoms with Crippen LogP contribution in [0.1, 0.15) is 20.0 Å². The van der Waals surface area contributed by atoms with Crippen molar-refractivity contribution in [3.8, 4) is 0 Å². The van der Waals surface area contributed by atoms with E-state index in [2.05, 4.69) is 10.3 Å². The highest BCUT2D eigenvalue weighted by Crippen LogP contribution is 2.23. The number of hydrogen-bond donors (Lipinski definition) is 2. The number of thiazole rings is 1. The van der Waals surface area contributed by atoms with E-state index >= 15 is 0 Å². The number of primary amides is 1. The number of para-hydroxylation sites is 1. The molecule has 144 valence electrons. The number of aromatic nitrogens is 1. The molecule has 2 aromatic carbocycles. The lowest BCUT2D eigenvalue weighted by atomic mass is 10.2. The molecule has 3 rings (SSSR count). The van der Waals surface area contributed by atoms with Gasteiger partial charge in [0.05, 0.1) is 16.8 Å². The first-order valence-electron chi connectivity index (χ1n) is 8.00. The summed E-state index contributed by atoms with van der Waals surface area (Å²) in [5, 5.41) is 2.76. The Kier molecular flexibility index (Phi) is 5.43. The number of nitrogens with one attached hydrogen (secondary N) is 1. The van der Waals surface area contributed by atoms with E-state index in [1.165, 1.54) is 41.8 Å². The van der Waals surface area contributed by atoms with Crippen LogP contribution < -0.4 is 15.4 Å². The Labute approximate surface area is 165 Å². The van der Waals surface area contributed by atoms with Crippen LogP contribution >= 0.6 is 11.3 Å². The summed E-state index contributed by atoms with van der Waals surface area (Å²) in [5.74, 6) is -1.11. The fraction of sp³-hybridized carbons (Fsp3) is 0.0556. The highest BCUT2D eigenvalue weighted by molar-refractivity contribution is 7.92. The van der Waals surface area contributed by atoms with E-state index in [4.69, 9.17) is 5.73 Å². The summed E-state index contributed by atoms with van der Waals surface area (Å²) in [6.07, 6.45) is 1.28. The Morgan fingerprint density at radius 1 is 1.07 bits per heavy atom. The van der Waals surface area contributed by atoms with Crippen molar-refractivity contribution >= 4 is 44.0 Å². The van der Waals surface area contributed by atoms with Crippen molar-refractivity contribution in [2.75, 3.05) is 16.7 Å². The number of nitrogens with zero attached hydrogens (tertiary/aromatic N) is 2. The second-order valence-corrected chi connectivity index (χ2v) is 8.68. The zero-order valence-corrected chi connectivity index (χ0v) is 16.3. The van der Waals surface area contributed by atoms with Crippen LogP contribution in [0.5, 0.6) is 0 Å². The van der Waals surface area contributed by atoms with Gasteiger partial charge in [-0.3, -0.25) is 19.2 Å². The molecule has 0 aliphatic carbocycles. The molecule has 0 saturated heterocycles. The highest BCUT2D eigenvalue weighted by atomic mass is 32.2. The van der Waals surface area contributed by atoms with Crippen LogP contribution in [-0.4, -0.2) is 32.3 Å². The van der Waals surface area contributed by atoms with Gasteiger partial charge in [-0.15, -0.1) is 0 Å². The number of hydrogen-bond acceptors (Lipinski definition) is 6. The van der Waals surface area contributed by atoms with Crippen LogP contribution in [0.4, 0.5) is 10.8 Å². The van der Waals surface area contributed by atoms with Crippen molar-refractivity contribution in [3.05, 3.63) is 71.2 Å². The maximum atomic E-state index is 12.7. The number of amides is 2. The summed E-state index contributed by atoms with van der Waals surface area (Å²) in [5.41, 5.74) is 5.92. The number of rotatable bonds is 6. The Balaban J connectivity index is 1.76. The molecule has 0 spiro atoms. The molecular weight excluding hydrogens is 400 g/mol. The second-order valence-electron chi connectivity index (χ2n) is 5.68. The number of benzene rings is 2. The molecule has 3 aromatic rings. The Morgan fingerprint density at radius 3 is 2.29 bits per heavy atom. The molecule has 1 heterocycles. The molecule has 3 N–H and O–H groups in total. The van der Waals surface area contributed by atoms with Crippen molar-refractivity contribution < 1.29 is 18.0 Å². The minimum Gasteiger partial charge on any atom is -0.365 e. The zero-order chi connectivity index (χ0) is 20.3. The van der Waals surface area contributed by atoms with Gasteiger partial charge in [0.15, 0.2) is 5.13 Å². The van der Waals surface area contributed by atoms with Gasteiger partial charge in [-0.05, 0) is 36.4 Å². The maximum absolute atomic E-state index is 12.7. The van der Waals surface area contributed by atoms with Crippen LogP contribution in [0.3, 0.4) is 0 Å². The quantitative estimate of drug-likeness (QED) is 0.638. The molecule has 0 saturated carbocycles. The summed E-state index contributed by atoms with van der Waals surface area (Å²) in [6.45, 7) is 0. The molecule has 0 aliphatic heterocycles. The van der Waals surface area contributed by atoms with Gasteiger partial charge in [0.25, 0.3) is 21.8 Å². The third kappa shape index (κ3) is 4.02. The molecule has 0 bridgehead atoms. The predicted octanol–water partition coefficient (Wildman–Crippen LogP) is 2.32. The number of carbonyl (C=O) groups is 2. The molecule has 0 aliphatic rings. The molecule has 8 nitrogen and oxygen atoms in total. The topological polar surface area (TPSA) is 122 Å². The van der Waals surface area contributed by atoms with Gasteiger partial charge in [-0.25, -0.2) is 13.4 Å². The minimum absolute atomic E-state index is 0.0562. The molecule has 0 unspecified atom stereocenters. The van der Waals surface area contributed by atoms with Gasteiger partial charge >= 0.3 is 0 Å². The van der Waals surface area contributed by atoms with Gasteiger partial charge in [-0.2, -0.15) is 0 Å². The Bertz CT molecular complexity index is 1110. The number of nitrogens with two attached hydrogens (primary N) is 1. The smallest absolute Gasteiger partial charge is 0.264 e. The minimum atomic E-state index is -3.76. The average Bonchev–Trinajstić information content (AvgIpc) is 3.17. The lowest BCUT2D eigenvalue weighted by Gasteiger charge is -2.19. The van der Waals surface area contributed by atoms with Crippen molar-refractivity contribution in [1.82, 2.24) is 4.98 Å². The third-order valence-corrected chi connectivity index (χ3v) is 6.59. The summed E-state index contributed by atoms with van der Waals surface area (Å²) in [7, 11) is -2.30. The van der Waals surface area contributed by atoms with Crippen LogP contribution in [0.25, 0.3) is 0 Å². The number of sulfonamides is 1. The standard InChI is InChI=1S/C18H16N4O4S2/c1-22(13-5-3-2-4-6-13)28(25,26)14-9-7-12(8-10-14)17(24)21-18-20-11-15(27-18)16(19)23/h2-11H,1H3,(H2,19,23)(H,20,21,24). The SMILES string of the molecule is CN(c1ccccc1)S(=O)(=O)c1ccc(C(=O)Nc2ncc(C(N)=O)s2)cc1. The van der Waals surface area contributed by atoms with Gasteiger partial charge in [-0.1, -0.05) is 29.5 Å². The van der Waals surface area contributed by atoms with Gasteiger partial charge in [0.2, 0.25) is 0 Å². The molecule has 0 atom stereocenters. The van der Waals surface area contributed by atoms with Crippen LogP contribution in [0.15, 0.2) is 65.7 Å². The molecule has 2 amide bonds. The molecule has 10 heteroatoms. The maximum Gasteiger partial charge on any atom is 0.264 e. The first-order chi connectivity index (χ1) is 13.3. The van der Waals surface area contributed by atoms with Crippen molar-refractivity contribution in [3.63, 3.8) is 0 Å². The largest absolute Gasteiger partial charge is 0.365 e. The first-order valence-corrected chi connectivity index (χ1v) is 10.3. The van der Waals surface area contributed by atoms with Crippen LogP contribution in [0, 0.1) is 0 Å². The molecule has 1 aromatic heterocycles. The lowest BCUT2D eigenvalue weighted by Crippen LogP contribution is -2.26. The summed E-state index contributed by atoms with van der Waals surface area (Å²) >= 11 is 0.953. The van der Waals surface area contributed by atoms with Crippen molar-refractivity contribution in [2.24, 2.45) is 5.73 Å². The van der Waals surface area contributed by atoms with Gasteiger partial charge in [0.1, 0.15) is 4.88 Å². The lowest BCUT2D eigenvalue weighted by molar-refractivity contribution is 0.100. The number of carbonyl (C=O) groups excluding carboxylic acids is 2.